The molecule has 0 aliphatic heterocycles. The predicted octanol–water partition coefficient (Wildman–Crippen LogP) is 3.95. The van der Waals surface area contributed by atoms with Crippen LogP contribution in [0.2, 0.25) is 0 Å². The number of hydrogen-bond donors (Lipinski definition) is 1. The third-order valence-corrected chi connectivity index (χ3v) is 5.14. The fourth-order valence-electron chi connectivity index (χ4n) is 3.51. The minimum atomic E-state index is -0.179. The minimum Gasteiger partial charge on any atom is -0.368 e. The Morgan fingerprint density at radius 2 is 2.15 bits per heavy atom. The monoisotopic (exact) mass is 278 g/mol. The van der Waals surface area contributed by atoms with Crippen molar-refractivity contribution in [2.24, 2.45) is 11.7 Å². The van der Waals surface area contributed by atoms with Crippen LogP contribution in [0, 0.1) is 11.7 Å². The van der Waals surface area contributed by atoms with Crippen molar-refractivity contribution < 1.29 is 4.39 Å². The zero-order valence-corrected chi connectivity index (χ0v) is 12.7. The first-order chi connectivity index (χ1) is 9.61. The Kier molecular flexibility index (Phi) is 5.03. The number of nitrogens with zero attached hydrogens (tertiary/aromatic N) is 1. The lowest BCUT2D eigenvalue weighted by Crippen LogP contribution is -2.52. The Bertz CT molecular complexity index is 435. The lowest BCUT2D eigenvalue weighted by molar-refractivity contribution is 0.352. The van der Waals surface area contributed by atoms with Gasteiger partial charge in [0, 0.05) is 19.3 Å². The summed E-state index contributed by atoms with van der Waals surface area (Å²) in [5.74, 6) is 0.644. The van der Waals surface area contributed by atoms with Crippen molar-refractivity contribution in [2.75, 3.05) is 18.5 Å². The molecule has 2 N–H and O–H groups in total. The summed E-state index contributed by atoms with van der Waals surface area (Å²) in [6.07, 6.45) is 7.21. The summed E-state index contributed by atoms with van der Waals surface area (Å²) in [6.45, 7) is 2.91. The van der Waals surface area contributed by atoms with E-state index in [0.29, 0.717) is 6.54 Å². The van der Waals surface area contributed by atoms with Gasteiger partial charge in [-0.2, -0.15) is 0 Å². The first-order valence-corrected chi connectivity index (χ1v) is 7.81. The molecule has 1 saturated carbocycles. The Balaban J connectivity index is 2.21. The number of benzene rings is 1. The Hall–Kier alpha value is -1.09. The normalized spacial score (nSPS) is 27.1. The molecule has 1 aromatic carbocycles. The summed E-state index contributed by atoms with van der Waals surface area (Å²) in [7, 11) is 2.06. The van der Waals surface area contributed by atoms with Gasteiger partial charge in [0.1, 0.15) is 5.82 Å². The van der Waals surface area contributed by atoms with Crippen LogP contribution in [-0.4, -0.2) is 19.1 Å². The SMILES string of the molecule is CCC1CCCC(CN)(N(C)c2cccc(F)c2)CC1. The highest BCUT2D eigenvalue weighted by molar-refractivity contribution is 5.48. The fraction of sp³-hybridized carbons (Fsp3) is 0.647. The maximum absolute atomic E-state index is 13.5. The number of anilines is 1. The van der Waals surface area contributed by atoms with Gasteiger partial charge in [0.15, 0.2) is 0 Å². The van der Waals surface area contributed by atoms with Crippen molar-refractivity contribution >= 4 is 5.69 Å². The first-order valence-electron chi connectivity index (χ1n) is 7.81. The molecule has 2 unspecified atom stereocenters. The Morgan fingerprint density at radius 3 is 2.80 bits per heavy atom. The van der Waals surface area contributed by atoms with Gasteiger partial charge in [-0.25, -0.2) is 4.39 Å². The fourth-order valence-corrected chi connectivity index (χ4v) is 3.51. The van der Waals surface area contributed by atoms with Gasteiger partial charge in [-0.15, -0.1) is 0 Å². The maximum atomic E-state index is 13.5. The lowest BCUT2D eigenvalue weighted by Gasteiger charge is -2.42. The van der Waals surface area contributed by atoms with Crippen molar-refractivity contribution in [1.29, 1.82) is 0 Å². The molecular weight excluding hydrogens is 251 g/mol. The average Bonchev–Trinajstić information content (AvgIpc) is 2.69. The molecule has 112 valence electrons. The van der Waals surface area contributed by atoms with E-state index >= 15 is 0 Å². The van der Waals surface area contributed by atoms with Crippen molar-refractivity contribution in [3.63, 3.8) is 0 Å². The van der Waals surface area contributed by atoms with E-state index in [1.165, 1.54) is 31.7 Å². The van der Waals surface area contributed by atoms with Gasteiger partial charge in [-0.05, 0) is 43.4 Å². The quantitative estimate of drug-likeness (QED) is 0.845. The smallest absolute Gasteiger partial charge is 0.125 e. The summed E-state index contributed by atoms with van der Waals surface area (Å²) in [5.41, 5.74) is 7.05. The van der Waals surface area contributed by atoms with E-state index in [1.807, 2.05) is 6.07 Å². The highest BCUT2D eigenvalue weighted by Crippen LogP contribution is 2.37. The molecule has 0 bridgehead atoms. The first kappa shape index (κ1) is 15.3. The van der Waals surface area contributed by atoms with Crippen LogP contribution in [0.4, 0.5) is 10.1 Å². The van der Waals surface area contributed by atoms with Crippen LogP contribution in [0.3, 0.4) is 0 Å². The second kappa shape index (κ2) is 6.57. The van der Waals surface area contributed by atoms with Gasteiger partial charge in [-0.1, -0.05) is 32.3 Å². The summed E-state index contributed by atoms with van der Waals surface area (Å²) >= 11 is 0. The molecule has 2 rings (SSSR count). The van der Waals surface area contributed by atoms with E-state index in [-0.39, 0.29) is 11.4 Å². The van der Waals surface area contributed by atoms with Crippen LogP contribution in [0.15, 0.2) is 24.3 Å². The van der Waals surface area contributed by atoms with Crippen LogP contribution in [0.25, 0.3) is 0 Å². The molecule has 0 radical (unpaired) electrons. The molecule has 2 atom stereocenters. The van der Waals surface area contributed by atoms with E-state index in [4.69, 9.17) is 5.73 Å². The van der Waals surface area contributed by atoms with Crippen LogP contribution >= 0.6 is 0 Å². The Labute approximate surface area is 122 Å². The topological polar surface area (TPSA) is 29.3 Å². The van der Waals surface area contributed by atoms with Crippen LogP contribution in [0.5, 0.6) is 0 Å². The third-order valence-electron chi connectivity index (χ3n) is 5.14. The predicted molar refractivity (Wildman–Crippen MR) is 83.5 cm³/mol. The van der Waals surface area contributed by atoms with E-state index in [1.54, 1.807) is 12.1 Å². The summed E-state index contributed by atoms with van der Waals surface area (Å²) in [5, 5.41) is 0. The number of nitrogens with two attached hydrogens (primary N) is 1. The van der Waals surface area contributed by atoms with Crippen LogP contribution < -0.4 is 10.6 Å². The summed E-state index contributed by atoms with van der Waals surface area (Å²) in [6, 6.07) is 6.85. The molecule has 1 aliphatic rings. The van der Waals surface area contributed by atoms with Crippen molar-refractivity contribution in [2.45, 2.75) is 51.0 Å². The second-order valence-corrected chi connectivity index (χ2v) is 6.17. The van der Waals surface area contributed by atoms with Crippen LogP contribution in [0.1, 0.15) is 45.4 Å². The molecule has 0 saturated heterocycles. The van der Waals surface area contributed by atoms with Crippen molar-refractivity contribution in [3.05, 3.63) is 30.1 Å². The van der Waals surface area contributed by atoms with Gasteiger partial charge < -0.3 is 10.6 Å². The molecule has 0 heterocycles. The van der Waals surface area contributed by atoms with Crippen LogP contribution in [-0.2, 0) is 0 Å². The molecule has 20 heavy (non-hydrogen) atoms. The van der Waals surface area contributed by atoms with Crippen molar-refractivity contribution in [3.8, 4) is 0 Å². The highest BCUT2D eigenvalue weighted by Gasteiger charge is 2.35. The van der Waals surface area contributed by atoms with Gasteiger partial charge in [0.25, 0.3) is 0 Å². The van der Waals surface area contributed by atoms with E-state index in [9.17, 15) is 4.39 Å². The highest BCUT2D eigenvalue weighted by atomic mass is 19.1. The zero-order valence-electron chi connectivity index (χ0n) is 12.7. The molecule has 1 aliphatic carbocycles. The lowest BCUT2D eigenvalue weighted by atomic mass is 9.87. The Morgan fingerprint density at radius 1 is 1.35 bits per heavy atom. The molecule has 3 heteroatoms. The molecule has 2 nitrogen and oxygen atoms in total. The summed E-state index contributed by atoms with van der Waals surface area (Å²) in [4.78, 5) is 2.22. The molecule has 0 aromatic heterocycles. The third kappa shape index (κ3) is 3.14. The second-order valence-electron chi connectivity index (χ2n) is 6.17. The molecule has 0 spiro atoms. The number of halogens is 1. The minimum absolute atomic E-state index is 0.0162. The molecule has 0 amide bonds. The maximum Gasteiger partial charge on any atom is 0.125 e. The van der Waals surface area contributed by atoms with Gasteiger partial charge in [0.2, 0.25) is 0 Å². The van der Waals surface area contributed by atoms with Gasteiger partial charge >= 0.3 is 0 Å². The molecule has 1 fully saturated rings. The van der Waals surface area contributed by atoms with E-state index < -0.39 is 0 Å². The number of hydrogen-bond acceptors (Lipinski definition) is 2. The van der Waals surface area contributed by atoms with E-state index in [0.717, 1.165) is 24.4 Å². The number of likely N-dealkylation sites (N-methyl/N-ethyl adjacent to an activating group) is 1. The van der Waals surface area contributed by atoms with Gasteiger partial charge in [0.05, 0.1) is 5.54 Å². The zero-order chi connectivity index (χ0) is 14.6. The molecular formula is C17H27FN2. The molecule has 1 aromatic rings. The average molecular weight is 278 g/mol. The standard InChI is InChI=1S/C17H27FN2/c1-3-14-6-5-10-17(13-19,11-9-14)20(2)16-8-4-7-15(18)12-16/h4,7-8,12,14H,3,5-6,9-11,13,19H2,1-2H3. The van der Waals surface area contributed by atoms with Gasteiger partial charge in [-0.3, -0.25) is 0 Å². The van der Waals surface area contributed by atoms with Crippen molar-refractivity contribution in [1.82, 2.24) is 0 Å². The number of rotatable bonds is 4. The summed E-state index contributed by atoms with van der Waals surface area (Å²) < 4.78 is 13.5. The largest absolute Gasteiger partial charge is 0.368 e. The van der Waals surface area contributed by atoms with E-state index in [2.05, 4.69) is 18.9 Å².